The van der Waals surface area contributed by atoms with Crippen LogP contribution in [0.15, 0.2) is 10.6 Å². The predicted octanol–water partition coefficient (Wildman–Crippen LogP) is 3.58. The highest BCUT2D eigenvalue weighted by Gasteiger charge is 2.30. The molecule has 2 amide bonds. The van der Waals surface area contributed by atoms with E-state index in [4.69, 9.17) is 4.52 Å². The highest BCUT2D eigenvalue weighted by Crippen LogP contribution is 2.40. The maximum Gasteiger partial charge on any atom is 0.279 e. The molecule has 0 unspecified atom stereocenters. The van der Waals surface area contributed by atoms with Crippen molar-refractivity contribution < 1.29 is 14.1 Å². The number of aryl methyl sites for hydroxylation is 3. The molecule has 2 aromatic rings. The van der Waals surface area contributed by atoms with Crippen molar-refractivity contribution >= 4 is 23.2 Å². The van der Waals surface area contributed by atoms with E-state index in [1.165, 1.54) is 21.8 Å². The third-order valence-corrected chi connectivity index (χ3v) is 6.32. The van der Waals surface area contributed by atoms with Crippen LogP contribution in [0.2, 0.25) is 0 Å². The zero-order valence-electron chi connectivity index (χ0n) is 15.9. The van der Waals surface area contributed by atoms with Crippen LogP contribution in [0.3, 0.4) is 0 Å². The Morgan fingerprint density at radius 3 is 2.54 bits per heavy atom. The Morgan fingerprint density at radius 1 is 1.23 bits per heavy atom. The third-order valence-electron chi connectivity index (χ3n) is 5.08. The molecular formula is C19H25N3O3S. The number of amides is 2. The Labute approximate surface area is 157 Å². The Hall–Kier alpha value is -2.15. The summed E-state index contributed by atoms with van der Waals surface area (Å²) in [5.74, 6) is 0.328. The third kappa shape index (κ3) is 3.67. The molecule has 3 rings (SSSR count). The van der Waals surface area contributed by atoms with Crippen molar-refractivity contribution in [1.82, 2.24) is 16.0 Å². The number of hydrazine groups is 1. The molecule has 140 valence electrons. The lowest BCUT2D eigenvalue weighted by atomic mass is 9.72. The predicted molar refractivity (Wildman–Crippen MR) is 100 cm³/mol. The fraction of sp³-hybridized carbons (Fsp3) is 0.526. The van der Waals surface area contributed by atoms with Crippen LogP contribution in [-0.4, -0.2) is 17.0 Å². The second kappa shape index (κ2) is 6.87. The number of nitrogens with zero attached hydrogens (tertiary/aromatic N) is 1. The van der Waals surface area contributed by atoms with Gasteiger partial charge in [-0.3, -0.25) is 20.4 Å². The van der Waals surface area contributed by atoms with E-state index in [2.05, 4.69) is 36.8 Å². The van der Waals surface area contributed by atoms with Crippen molar-refractivity contribution in [2.24, 2.45) is 11.3 Å². The van der Waals surface area contributed by atoms with E-state index in [0.717, 1.165) is 19.3 Å². The molecule has 7 heteroatoms. The molecule has 1 aliphatic carbocycles. The standard InChI is InChI=1S/C19H25N3O3S/c1-10-16(11(2)25-22-10)18(24)21-20-17(23)15-9-12-8-13(19(3,4)5)6-7-14(12)26-15/h9,13H,6-8H2,1-5H3,(H,20,23)(H,21,24)/t13-/m1/s1. The van der Waals surface area contributed by atoms with Crippen LogP contribution >= 0.6 is 11.3 Å². The SMILES string of the molecule is Cc1noc(C)c1C(=O)NNC(=O)c1cc2c(s1)CC[C@@H](C(C)(C)C)C2. The van der Waals surface area contributed by atoms with Crippen LogP contribution in [0, 0.1) is 25.2 Å². The van der Waals surface area contributed by atoms with E-state index in [-0.39, 0.29) is 11.3 Å². The van der Waals surface area contributed by atoms with Gasteiger partial charge in [0.05, 0.1) is 10.6 Å². The minimum atomic E-state index is -0.427. The van der Waals surface area contributed by atoms with Gasteiger partial charge in [-0.1, -0.05) is 25.9 Å². The number of thiophene rings is 1. The molecule has 6 nitrogen and oxygen atoms in total. The van der Waals surface area contributed by atoms with Gasteiger partial charge in [-0.25, -0.2) is 0 Å². The van der Waals surface area contributed by atoms with Crippen molar-refractivity contribution in [3.63, 3.8) is 0 Å². The Balaban J connectivity index is 1.65. The molecule has 0 spiro atoms. The van der Waals surface area contributed by atoms with Gasteiger partial charge in [-0.05, 0) is 56.1 Å². The summed E-state index contributed by atoms with van der Waals surface area (Å²) in [6.07, 6.45) is 3.18. The molecule has 0 aromatic carbocycles. The number of carbonyl (C=O) groups excluding carboxylic acids is 2. The normalized spacial score (nSPS) is 16.9. The highest BCUT2D eigenvalue weighted by molar-refractivity contribution is 7.14. The summed E-state index contributed by atoms with van der Waals surface area (Å²) in [7, 11) is 0. The van der Waals surface area contributed by atoms with Gasteiger partial charge in [0.2, 0.25) is 0 Å². The van der Waals surface area contributed by atoms with Crippen LogP contribution in [-0.2, 0) is 12.8 Å². The highest BCUT2D eigenvalue weighted by atomic mass is 32.1. The molecule has 0 bridgehead atoms. The van der Waals surface area contributed by atoms with E-state index >= 15 is 0 Å². The number of hydrogen-bond donors (Lipinski definition) is 2. The minimum absolute atomic E-state index is 0.268. The number of fused-ring (bicyclic) bond motifs is 1. The first-order chi connectivity index (χ1) is 12.2. The minimum Gasteiger partial charge on any atom is -0.361 e. The second-order valence-corrected chi connectivity index (χ2v) is 9.11. The van der Waals surface area contributed by atoms with E-state index in [1.54, 1.807) is 13.8 Å². The van der Waals surface area contributed by atoms with Crippen LogP contribution in [0.4, 0.5) is 0 Å². The van der Waals surface area contributed by atoms with E-state index in [1.807, 2.05) is 6.07 Å². The number of carbonyl (C=O) groups is 2. The lowest BCUT2D eigenvalue weighted by Crippen LogP contribution is -2.41. The van der Waals surface area contributed by atoms with Gasteiger partial charge >= 0.3 is 0 Å². The van der Waals surface area contributed by atoms with Crippen molar-refractivity contribution in [2.75, 3.05) is 0 Å². The maximum atomic E-state index is 12.4. The molecular weight excluding hydrogens is 350 g/mol. The molecule has 26 heavy (non-hydrogen) atoms. The topological polar surface area (TPSA) is 84.2 Å². The molecule has 1 aliphatic rings. The molecule has 0 fully saturated rings. The number of aromatic nitrogens is 1. The van der Waals surface area contributed by atoms with E-state index < -0.39 is 5.91 Å². The number of rotatable bonds is 2. The number of hydrogen-bond acceptors (Lipinski definition) is 5. The van der Waals surface area contributed by atoms with Gasteiger partial charge in [-0.15, -0.1) is 11.3 Å². The average molecular weight is 375 g/mol. The molecule has 0 saturated heterocycles. The molecule has 0 radical (unpaired) electrons. The Morgan fingerprint density at radius 2 is 1.92 bits per heavy atom. The zero-order chi connectivity index (χ0) is 19.1. The lowest BCUT2D eigenvalue weighted by Gasteiger charge is -2.33. The first-order valence-electron chi connectivity index (χ1n) is 8.82. The summed E-state index contributed by atoms with van der Waals surface area (Å²) >= 11 is 1.52. The molecule has 2 N–H and O–H groups in total. The largest absolute Gasteiger partial charge is 0.361 e. The Bertz CT molecular complexity index is 825. The van der Waals surface area contributed by atoms with Crippen molar-refractivity contribution in [2.45, 2.75) is 53.9 Å². The van der Waals surface area contributed by atoms with Gasteiger partial charge in [0.15, 0.2) is 0 Å². The summed E-state index contributed by atoms with van der Waals surface area (Å²) in [6.45, 7) is 10.2. The fourth-order valence-corrected chi connectivity index (χ4v) is 4.52. The van der Waals surface area contributed by atoms with Gasteiger partial charge in [0, 0.05) is 4.88 Å². The quantitative estimate of drug-likeness (QED) is 0.786. The monoisotopic (exact) mass is 375 g/mol. The Kier molecular flexibility index (Phi) is 4.92. The summed E-state index contributed by atoms with van der Waals surface area (Å²) in [4.78, 5) is 26.6. The zero-order valence-corrected chi connectivity index (χ0v) is 16.7. The lowest BCUT2D eigenvalue weighted by molar-refractivity contribution is 0.0847. The summed E-state index contributed by atoms with van der Waals surface area (Å²) in [6, 6.07) is 1.97. The summed E-state index contributed by atoms with van der Waals surface area (Å²) in [5.41, 5.74) is 7.32. The smallest absolute Gasteiger partial charge is 0.279 e. The number of nitrogens with one attached hydrogen (secondary N) is 2. The molecule has 0 saturated carbocycles. The van der Waals surface area contributed by atoms with Crippen LogP contribution in [0.25, 0.3) is 0 Å². The van der Waals surface area contributed by atoms with Crippen LogP contribution in [0.5, 0.6) is 0 Å². The molecule has 2 heterocycles. The first-order valence-corrected chi connectivity index (χ1v) is 9.63. The second-order valence-electron chi connectivity index (χ2n) is 7.97. The van der Waals surface area contributed by atoms with Crippen molar-refractivity contribution in [1.29, 1.82) is 0 Å². The molecule has 1 atom stereocenters. The fourth-order valence-electron chi connectivity index (χ4n) is 3.42. The van der Waals surface area contributed by atoms with E-state index in [9.17, 15) is 9.59 Å². The molecule has 0 aliphatic heterocycles. The molecule has 2 aromatic heterocycles. The van der Waals surface area contributed by atoms with E-state index in [0.29, 0.717) is 27.8 Å². The summed E-state index contributed by atoms with van der Waals surface area (Å²) in [5, 5.41) is 3.75. The van der Waals surface area contributed by atoms with Crippen LogP contribution in [0.1, 0.15) is 69.1 Å². The average Bonchev–Trinajstić information content (AvgIpc) is 3.14. The van der Waals surface area contributed by atoms with Gasteiger partial charge in [0.25, 0.3) is 11.8 Å². The first kappa shape index (κ1) is 18.6. The van der Waals surface area contributed by atoms with Crippen molar-refractivity contribution in [3.05, 3.63) is 38.4 Å². The maximum absolute atomic E-state index is 12.4. The van der Waals surface area contributed by atoms with Crippen LogP contribution < -0.4 is 10.9 Å². The van der Waals surface area contributed by atoms with Gasteiger partial charge in [0.1, 0.15) is 11.3 Å². The summed E-state index contributed by atoms with van der Waals surface area (Å²) < 4.78 is 4.98. The van der Waals surface area contributed by atoms with Gasteiger partial charge < -0.3 is 4.52 Å². The van der Waals surface area contributed by atoms with Crippen molar-refractivity contribution in [3.8, 4) is 0 Å². The van der Waals surface area contributed by atoms with Gasteiger partial charge in [-0.2, -0.15) is 0 Å².